The molecule has 0 aliphatic carbocycles. The second-order valence-corrected chi connectivity index (χ2v) is 7.13. The topological polar surface area (TPSA) is 106 Å². The number of hydrogen-bond donors (Lipinski definition) is 0. The van der Waals surface area contributed by atoms with Crippen molar-refractivity contribution < 1.29 is 9.47 Å². The van der Waals surface area contributed by atoms with Gasteiger partial charge in [-0.2, -0.15) is 0 Å². The monoisotopic (exact) mass is 412 g/mol. The van der Waals surface area contributed by atoms with Crippen LogP contribution >= 0.6 is 0 Å². The van der Waals surface area contributed by atoms with E-state index >= 15 is 0 Å². The summed E-state index contributed by atoms with van der Waals surface area (Å²) in [5, 5.41) is 0. The molecule has 3 heterocycles. The molecule has 2 aromatic heterocycles. The Balaban J connectivity index is 2.25. The Kier molecular flexibility index (Phi) is 4.30. The number of fused-ring (bicyclic) bond motifs is 2. The molecule has 1 aliphatic rings. The molecule has 0 saturated heterocycles. The lowest BCUT2D eigenvalue weighted by Crippen LogP contribution is -2.44. The highest BCUT2D eigenvalue weighted by Gasteiger charge is 2.38. The van der Waals surface area contributed by atoms with Crippen LogP contribution in [0.4, 0.5) is 0 Å². The average Bonchev–Trinajstić information content (AvgIpc) is 2.75. The Bertz CT molecular complexity index is 1440. The molecule has 156 valence electrons. The number of benzene rings is 1. The minimum absolute atomic E-state index is 0.0339. The van der Waals surface area contributed by atoms with Crippen molar-refractivity contribution in [3.05, 3.63) is 82.6 Å². The highest BCUT2D eigenvalue weighted by Crippen LogP contribution is 2.45. The van der Waals surface area contributed by atoms with Gasteiger partial charge in [0.25, 0.3) is 11.1 Å². The summed E-state index contributed by atoms with van der Waals surface area (Å²) < 4.78 is 15.7. The maximum Gasteiger partial charge on any atom is 0.333 e. The molecule has 0 radical (unpaired) electrons. The third-order valence-corrected chi connectivity index (χ3v) is 5.50. The molecule has 1 aliphatic heterocycles. The van der Waals surface area contributed by atoms with Crippen LogP contribution in [0.3, 0.4) is 0 Å². The van der Waals surface area contributed by atoms with E-state index in [0.717, 1.165) is 9.13 Å². The van der Waals surface area contributed by atoms with E-state index in [4.69, 9.17) is 9.47 Å². The van der Waals surface area contributed by atoms with E-state index in [2.05, 4.69) is 0 Å². The number of ether oxygens (including phenoxy) is 2. The first-order valence-electron chi connectivity index (χ1n) is 9.11. The van der Waals surface area contributed by atoms with E-state index in [-0.39, 0.29) is 22.9 Å². The summed E-state index contributed by atoms with van der Waals surface area (Å²) in [7, 11) is 7.04. The van der Waals surface area contributed by atoms with Crippen LogP contribution in [-0.2, 0) is 28.2 Å². The molecular weight excluding hydrogens is 392 g/mol. The Morgan fingerprint density at radius 2 is 1.37 bits per heavy atom. The summed E-state index contributed by atoms with van der Waals surface area (Å²) >= 11 is 0. The molecule has 10 heteroatoms. The van der Waals surface area contributed by atoms with Crippen LogP contribution in [0.1, 0.15) is 22.6 Å². The summed E-state index contributed by atoms with van der Waals surface area (Å²) in [6.45, 7) is 0. The number of aromatic nitrogens is 4. The molecule has 3 aromatic rings. The number of methoxy groups -OCH3 is 1. The van der Waals surface area contributed by atoms with Crippen LogP contribution < -0.4 is 32.0 Å². The Morgan fingerprint density at radius 3 is 2.00 bits per heavy atom. The highest BCUT2D eigenvalue weighted by molar-refractivity contribution is 5.57. The highest BCUT2D eigenvalue weighted by atomic mass is 16.5. The lowest BCUT2D eigenvalue weighted by Gasteiger charge is -2.29. The standard InChI is InChI=1S/C20H20N4O6/c1-21-15(25)13(17(29-5)23(3)19(21)27)12-10-8-6-7-9-11(10)30-18-14(12)16(26)22(2)20(28)24(18)4/h6-9,12H,1-5H3. The van der Waals surface area contributed by atoms with Crippen molar-refractivity contribution in [2.75, 3.05) is 7.11 Å². The lowest BCUT2D eigenvalue weighted by atomic mass is 9.84. The molecule has 1 aromatic carbocycles. The van der Waals surface area contributed by atoms with Gasteiger partial charge in [0.1, 0.15) is 5.75 Å². The smallest absolute Gasteiger partial charge is 0.333 e. The first-order valence-corrected chi connectivity index (χ1v) is 9.11. The van der Waals surface area contributed by atoms with Gasteiger partial charge < -0.3 is 9.47 Å². The average molecular weight is 412 g/mol. The maximum atomic E-state index is 13.2. The summed E-state index contributed by atoms with van der Waals surface area (Å²) in [6.07, 6.45) is 0. The maximum absolute atomic E-state index is 13.2. The van der Waals surface area contributed by atoms with Gasteiger partial charge in [-0.1, -0.05) is 18.2 Å². The Morgan fingerprint density at radius 1 is 0.800 bits per heavy atom. The number of hydrogen-bond acceptors (Lipinski definition) is 6. The third kappa shape index (κ3) is 2.43. The minimum atomic E-state index is -0.907. The predicted molar refractivity (Wildman–Crippen MR) is 108 cm³/mol. The quantitative estimate of drug-likeness (QED) is 0.451. The minimum Gasteiger partial charge on any atom is -0.482 e. The van der Waals surface area contributed by atoms with E-state index in [0.29, 0.717) is 11.3 Å². The fourth-order valence-electron chi connectivity index (χ4n) is 3.94. The number of nitrogens with zero attached hydrogens (tertiary/aromatic N) is 4. The van der Waals surface area contributed by atoms with Gasteiger partial charge in [-0.15, -0.1) is 0 Å². The Labute approximate surface area is 169 Å². The van der Waals surface area contributed by atoms with E-state index < -0.39 is 28.4 Å². The SMILES string of the molecule is COc1c(C2c3ccccc3Oc3c2c(=O)n(C)c(=O)n3C)c(=O)n(C)c(=O)n1C. The number of para-hydroxylation sites is 1. The zero-order valence-electron chi connectivity index (χ0n) is 17.1. The van der Waals surface area contributed by atoms with Gasteiger partial charge in [-0.05, 0) is 6.07 Å². The largest absolute Gasteiger partial charge is 0.482 e. The van der Waals surface area contributed by atoms with Crippen molar-refractivity contribution in [2.24, 2.45) is 28.2 Å². The van der Waals surface area contributed by atoms with Gasteiger partial charge in [-0.25, -0.2) is 9.59 Å². The lowest BCUT2D eigenvalue weighted by molar-refractivity contribution is 0.355. The molecule has 30 heavy (non-hydrogen) atoms. The second-order valence-electron chi connectivity index (χ2n) is 7.13. The molecule has 0 fully saturated rings. The first kappa shape index (κ1) is 19.5. The fraction of sp³-hybridized carbons (Fsp3) is 0.300. The molecule has 0 bridgehead atoms. The van der Waals surface area contributed by atoms with Crippen LogP contribution in [0.15, 0.2) is 43.4 Å². The van der Waals surface area contributed by atoms with Crippen LogP contribution in [0, 0.1) is 0 Å². The van der Waals surface area contributed by atoms with Gasteiger partial charge >= 0.3 is 11.4 Å². The summed E-state index contributed by atoms with van der Waals surface area (Å²) in [5.74, 6) is -0.427. The van der Waals surface area contributed by atoms with E-state index in [1.165, 1.54) is 44.4 Å². The van der Waals surface area contributed by atoms with Crippen molar-refractivity contribution in [2.45, 2.75) is 5.92 Å². The van der Waals surface area contributed by atoms with E-state index in [1.807, 2.05) is 0 Å². The zero-order valence-corrected chi connectivity index (χ0v) is 17.1. The fourth-order valence-corrected chi connectivity index (χ4v) is 3.94. The van der Waals surface area contributed by atoms with Gasteiger partial charge in [-0.3, -0.25) is 27.9 Å². The zero-order chi connectivity index (χ0) is 21.9. The third-order valence-electron chi connectivity index (χ3n) is 5.50. The molecule has 0 spiro atoms. The summed E-state index contributed by atoms with van der Waals surface area (Å²) in [5.41, 5.74) is -1.53. The van der Waals surface area contributed by atoms with Crippen LogP contribution in [-0.4, -0.2) is 25.4 Å². The molecule has 4 rings (SSSR count). The number of rotatable bonds is 2. The van der Waals surface area contributed by atoms with Crippen molar-refractivity contribution >= 4 is 0 Å². The van der Waals surface area contributed by atoms with Gasteiger partial charge in [0.2, 0.25) is 11.8 Å². The van der Waals surface area contributed by atoms with Gasteiger partial charge in [0.15, 0.2) is 0 Å². The van der Waals surface area contributed by atoms with E-state index in [1.54, 1.807) is 24.3 Å². The van der Waals surface area contributed by atoms with Crippen LogP contribution in [0.25, 0.3) is 0 Å². The predicted octanol–water partition coefficient (Wildman–Crippen LogP) is -0.224. The van der Waals surface area contributed by atoms with Crippen molar-refractivity contribution in [3.8, 4) is 17.5 Å². The molecule has 10 nitrogen and oxygen atoms in total. The van der Waals surface area contributed by atoms with Crippen molar-refractivity contribution in [3.63, 3.8) is 0 Å². The summed E-state index contributed by atoms with van der Waals surface area (Å²) in [4.78, 5) is 51.3. The van der Waals surface area contributed by atoms with Gasteiger partial charge in [0, 0.05) is 33.8 Å². The first-order chi connectivity index (χ1) is 14.2. The van der Waals surface area contributed by atoms with Crippen molar-refractivity contribution in [1.29, 1.82) is 0 Å². The molecule has 1 unspecified atom stereocenters. The molecule has 0 N–H and O–H groups in total. The van der Waals surface area contributed by atoms with Gasteiger partial charge in [0.05, 0.1) is 24.2 Å². The molecule has 0 saturated carbocycles. The van der Waals surface area contributed by atoms with E-state index in [9.17, 15) is 19.2 Å². The normalized spacial score (nSPS) is 14.6. The van der Waals surface area contributed by atoms with Crippen LogP contribution in [0.2, 0.25) is 0 Å². The second kappa shape index (κ2) is 6.61. The molecule has 0 amide bonds. The summed E-state index contributed by atoms with van der Waals surface area (Å²) in [6, 6.07) is 6.92. The van der Waals surface area contributed by atoms with Crippen LogP contribution in [0.5, 0.6) is 17.5 Å². The molecular formula is C20H20N4O6. The van der Waals surface area contributed by atoms with Crippen molar-refractivity contribution in [1.82, 2.24) is 18.3 Å². The Hall–Kier alpha value is -3.82. The molecule has 1 atom stereocenters.